The maximum absolute atomic E-state index is 6.13. The minimum Gasteiger partial charge on any atom is -0.302 e. The van der Waals surface area contributed by atoms with Crippen LogP contribution in [0.5, 0.6) is 0 Å². The van der Waals surface area contributed by atoms with Gasteiger partial charge in [-0.3, -0.25) is 0 Å². The number of nitrogens with zero attached hydrogens (tertiary/aromatic N) is 1. The molecule has 0 aromatic carbocycles. The fraction of sp³-hybridized carbons (Fsp3) is 1.00. The van der Waals surface area contributed by atoms with E-state index in [1.807, 2.05) is 11.8 Å². The van der Waals surface area contributed by atoms with Crippen molar-refractivity contribution >= 4 is 23.4 Å². The summed E-state index contributed by atoms with van der Waals surface area (Å²) in [5, 5.41) is 0.413. The highest BCUT2D eigenvalue weighted by Crippen LogP contribution is 2.21. The standard InChI is InChI=1S/C9H18ClNS/c1-8-7-11(5-6-12-2)4-3-9(8)10/h8-9H,3-7H2,1-2H3. The number of likely N-dealkylation sites (tertiary alicyclic amines) is 1. The molecule has 2 atom stereocenters. The molecule has 0 saturated carbocycles. The predicted molar refractivity (Wildman–Crippen MR) is 58.2 cm³/mol. The van der Waals surface area contributed by atoms with Gasteiger partial charge in [0.2, 0.25) is 0 Å². The zero-order chi connectivity index (χ0) is 8.97. The fourth-order valence-electron chi connectivity index (χ4n) is 1.63. The molecule has 0 spiro atoms. The lowest BCUT2D eigenvalue weighted by molar-refractivity contribution is 0.198. The molecule has 0 radical (unpaired) electrons. The van der Waals surface area contributed by atoms with Crippen molar-refractivity contribution < 1.29 is 0 Å². The van der Waals surface area contributed by atoms with E-state index >= 15 is 0 Å². The Morgan fingerprint density at radius 3 is 2.92 bits per heavy atom. The number of alkyl halides is 1. The van der Waals surface area contributed by atoms with Crippen LogP contribution in [0.4, 0.5) is 0 Å². The third-order valence-electron chi connectivity index (χ3n) is 2.50. The van der Waals surface area contributed by atoms with Crippen molar-refractivity contribution in [2.75, 3.05) is 31.6 Å². The second kappa shape index (κ2) is 5.36. The average molecular weight is 208 g/mol. The monoisotopic (exact) mass is 207 g/mol. The first-order valence-electron chi connectivity index (χ1n) is 4.59. The molecule has 2 unspecified atom stereocenters. The second-order valence-electron chi connectivity index (χ2n) is 3.58. The van der Waals surface area contributed by atoms with Gasteiger partial charge in [-0.1, -0.05) is 6.92 Å². The Labute approximate surface area is 84.8 Å². The van der Waals surface area contributed by atoms with Crippen LogP contribution in [0, 0.1) is 5.92 Å². The normalized spacial score (nSPS) is 32.2. The van der Waals surface area contributed by atoms with Gasteiger partial charge in [0.05, 0.1) is 0 Å². The van der Waals surface area contributed by atoms with E-state index in [1.54, 1.807) is 0 Å². The molecule has 0 bridgehead atoms. The van der Waals surface area contributed by atoms with Gasteiger partial charge < -0.3 is 4.90 Å². The number of hydrogen-bond donors (Lipinski definition) is 0. The minimum atomic E-state index is 0.413. The first-order chi connectivity index (χ1) is 5.74. The number of hydrogen-bond acceptors (Lipinski definition) is 2. The van der Waals surface area contributed by atoms with E-state index in [0.717, 1.165) is 6.42 Å². The summed E-state index contributed by atoms with van der Waals surface area (Å²) in [6, 6.07) is 0. The number of rotatable bonds is 3. The largest absolute Gasteiger partial charge is 0.302 e. The Balaban J connectivity index is 2.21. The van der Waals surface area contributed by atoms with Crippen molar-refractivity contribution in [1.29, 1.82) is 0 Å². The van der Waals surface area contributed by atoms with Crippen LogP contribution in [-0.4, -0.2) is 41.9 Å². The molecule has 1 saturated heterocycles. The highest BCUT2D eigenvalue weighted by molar-refractivity contribution is 7.98. The van der Waals surface area contributed by atoms with Crippen LogP contribution in [0.1, 0.15) is 13.3 Å². The zero-order valence-electron chi connectivity index (χ0n) is 7.92. The van der Waals surface area contributed by atoms with Crippen LogP contribution >= 0.6 is 23.4 Å². The van der Waals surface area contributed by atoms with Crippen LogP contribution in [0.15, 0.2) is 0 Å². The molecule has 0 aliphatic carbocycles. The number of halogens is 1. The van der Waals surface area contributed by atoms with E-state index in [2.05, 4.69) is 18.1 Å². The molecule has 12 heavy (non-hydrogen) atoms. The van der Waals surface area contributed by atoms with E-state index in [4.69, 9.17) is 11.6 Å². The van der Waals surface area contributed by atoms with Crippen molar-refractivity contribution in [3.05, 3.63) is 0 Å². The van der Waals surface area contributed by atoms with Crippen molar-refractivity contribution in [2.45, 2.75) is 18.7 Å². The zero-order valence-corrected chi connectivity index (χ0v) is 9.50. The van der Waals surface area contributed by atoms with Crippen LogP contribution in [0.2, 0.25) is 0 Å². The summed E-state index contributed by atoms with van der Waals surface area (Å²) in [7, 11) is 0. The molecular weight excluding hydrogens is 190 g/mol. The molecule has 1 heterocycles. The van der Waals surface area contributed by atoms with E-state index < -0.39 is 0 Å². The van der Waals surface area contributed by atoms with Gasteiger partial charge in [-0.2, -0.15) is 11.8 Å². The van der Waals surface area contributed by atoms with E-state index in [0.29, 0.717) is 11.3 Å². The molecular formula is C9H18ClNS. The van der Waals surface area contributed by atoms with Crippen LogP contribution in [-0.2, 0) is 0 Å². The first kappa shape index (κ1) is 10.7. The summed E-state index contributed by atoms with van der Waals surface area (Å²) >= 11 is 8.06. The maximum atomic E-state index is 6.13. The second-order valence-corrected chi connectivity index (χ2v) is 5.12. The van der Waals surface area contributed by atoms with E-state index in [9.17, 15) is 0 Å². The van der Waals surface area contributed by atoms with Crippen LogP contribution in [0.25, 0.3) is 0 Å². The smallest absolute Gasteiger partial charge is 0.0386 e. The Morgan fingerprint density at radius 2 is 2.33 bits per heavy atom. The maximum Gasteiger partial charge on any atom is 0.0386 e. The third kappa shape index (κ3) is 3.15. The van der Waals surface area contributed by atoms with Gasteiger partial charge in [0, 0.05) is 24.2 Å². The van der Waals surface area contributed by atoms with Gasteiger partial charge in [-0.25, -0.2) is 0 Å². The van der Waals surface area contributed by atoms with Crippen LogP contribution < -0.4 is 0 Å². The summed E-state index contributed by atoms with van der Waals surface area (Å²) in [5.74, 6) is 1.92. The predicted octanol–water partition coefficient (Wildman–Crippen LogP) is 2.30. The Morgan fingerprint density at radius 1 is 1.58 bits per heavy atom. The molecule has 72 valence electrons. The Bertz CT molecular complexity index is 130. The van der Waals surface area contributed by atoms with Gasteiger partial charge >= 0.3 is 0 Å². The molecule has 1 nitrogen and oxygen atoms in total. The molecule has 1 aliphatic heterocycles. The SMILES string of the molecule is CSCCN1CCC(Cl)C(C)C1. The summed E-state index contributed by atoms with van der Waals surface area (Å²) in [4.78, 5) is 2.53. The lowest BCUT2D eigenvalue weighted by Gasteiger charge is -2.33. The van der Waals surface area contributed by atoms with Gasteiger partial charge in [-0.15, -0.1) is 11.6 Å². The van der Waals surface area contributed by atoms with Crippen molar-refractivity contribution in [3.63, 3.8) is 0 Å². The van der Waals surface area contributed by atoms with Gasteiger partial charge in [0.25, 0.3) is 0 Å². The summed E-state index contributed by atoms with van der Waals surface area (Å²) in [6.07, 6.45) is 3.33. The highest BCUT2D eigenvalue weighted by atomic mass is 35.5. The van der Waals surface area contributed by atoms with Gasteiger partial charge in [0.1, 0.15) is 0 Å². The van der Waals surface area contributed by atoms with E-state index in [-0.39, 0.29) is 0 Å². The topological polar surface area (TPSA) is 3.24 Å². The molecule has 0 amide bonds. The molecule has 1 aliphatic rings. The fourth-order valence-corrected chi connectivity index (χ4v) is 2.24. The summed E-state index contributed by atoms with van der Waals surface area (Å²) in [6.45, 7) is 5.87. The lowest BCUT2D eigenvalue weighted by atomic mass is 10.00. The van der Waals surface area contributed by atoms with Gasteiger partial charge in [-0.05, 0) is 25.1 Å². The number of thioether (sulfide) groups is 1. The van der Waals surface area contributed by atoms with Crippen molar-refractivity contribution in [1.82, 2.24) is 4.90 Å². The summed E-state index contributed by atoms with van der Waals surface area (Å²) in [5.41, 5.74) is 0. The molecule has 0 aromatic heterocycles. The lowest BCUT2D eigenvalue weighted by Crippen LogP contribution is -2.40. The molecule has 1 rings (SSSR count). The minimum absolute atomic E-state index is 0.413. The first-order valence-corrected chi connectivity index (χ1v) is 6.42. The highest BCUT2D eigenvalue weighted by Gasteiger charge is 2.23. The molecule has 1 fully saturated rings. The number of piperidine rings is 1. The van der Waals surface area contributed by atoms with Crippen molar-refractivity contribution in [2.24, 2.45) is 5.92 Å². The Kier molecular flexibility index (Phi) is 4.77. The van der Waals surface area contributed by atoms with E-state index in [1.165, 1.54) is 25.4 Å². The molecule has 0 N–H and O–H groups in total. The Hall–Kier alpha value is 0.600. The summed E-state index contributed by atoms with van der Waals surface area (Å²) < 4.78 is 0. The van der Waals surface area contributed by atoms with Crippen molar-refractivity contribution in [3.8, 4) is 0 Å². The van der Waals surface area contributed by atoms with Crippen LogP contribution in [0.3, 0.4) is 0 Å². The average Bonchev–Trinajstić information content (AvgIpc) is 2.07. The molecule has 3 heteroatoms. The van der Waals surface area contributed by atoms with Gasteiger partial charge in [0.15, 0.2) is 0 Å². The quantitative estimate of drug-likeness (QED) is 0.654. The molecule has 0 aromatic rings. The third-order valence-corrected chi connectivity index (χ3v) is 3.74.